The van der Waals surface area contributed by atoms with Crippen molar-refractivity contribution in [3.63, 3.8) is 0 Å². The number of para-hydroxylation sites is 2. The van der Waals surface area contributed by atoms with Gasteiger partial charge in [-0.1, -0.05) is 18.6 Å². The van der Waals surface area contributed by atoms with Gasteiger partial charge in [-0.3, -0.25) is 4.90 Å². The Morgan fingerprint density at radius 1 is 1.07 bits per heavy atom. The van der Waals surface area contributed by atoms with Gasteiger partial charge >= 0.3 is 5.69 Å². The lowest BCUT2D eigenvalue weighted by atomic mass is 10.1. The number of nitrogens with zero attached hydrogens (tertiary/aromatic N) is 5. The summed E-state index contributed by atoms with van der Waals surface area (Å²) in [6, 6.07) is 8.23. The van der Waals surface area contributed by atoms with Crippen LogP contribution in [-0.4, -0.2) is 59.5 Å². The second kappa shape index (κ2) is 9.50. The molecule has 2 heterocycles. The van der Waals surface area contributed by atoms with Gasteiger partial charge in [-0.15, -0.1) is 0 Å². The van der Waals surface area contributed by atoms with Crippen LogP contribution in [0.1, 0.15) is 25.0 Å². The van der Waals surface area contributed by atoms with Gasteiger partial charge in [0.2, 0.25) is 0 Å². The number of hydrogen-bond acceptors (Lipinski definition) is 6. The Labute approximate surface area is 160 Å². The first-order valence-corrected chi connectivity index (χ1v) is 9.67. The SMILES string of the molecule is COc1ccccc1N1CCN(CCCCCc2cnn(C)c(=O)n2)CC1. The maximum atomic E-state index is 11.5. The van der Waals surface area contributed by atoms with E-state index in [2.05, 4.69) is 32.0 Å². The molecule has 1 aliphatic rings. The highest BCUT2D eigenvalue weighted by Crippen LogP contribution is 2.28. The van der Waals surface area contributed by atoms with E-state index >= 15 is 0 Å². The van der Waals surface area contributed by atoms with E-state index in [4.69, 9.17) is 4.74 Å². The van der Waals surface area contributed by atoms with Gasteiger partial charge in [0.05, 0.1) is 24.7 Å². The zero-order valence-corrected chi connectivity index (χ0v) is 16.3. The Bertz CT molecular complexity index is 784. The zero-order valence-electron chi connectivity index (χ0n) is 16.3. The molecular formula is C20H29N5O2. The molecule has 0 bridgehead atoms. The van der Waals surface area contributed by atoms with Crippen molar-refractivity contribution in [3.8, 4) is 5.75 Å². The number of hydrogen-bond donors (Lipinski definition) is 0. The number of rotatable bonds is 8. The van der Waals surface area contributed by atoms with Crippen LogP contribution >= 0.6 is 0 Å². The quantitative estimate of drug-likeness (QED) is 0.659. The Hall–Kier alpha value is -2.41. The smallest absolute Gasteiger partial charge is 0.363 e. The lowest BCUT2D eigenvalue weighted by Crippen LogP contribution is -2.46. The minimum atomic E-state index is -0.277. The summed E-state index contributed by atoms with van der Waals surface area (Å²) in [5, 5.41) is 4.02. The first-order chi connectivity index (χ1) is 13.2. The van der Waals surface area contributed by atoms with Crippen LogP contribution < -0.4 is 15.3 Å². The highest BCUT2D eigenvalue weighted by atomic mass is 16.5. The Morgan fingerprint density at radius 2 is 1.85 bits per heavy atom. The number of aryl methyl sites for hydroxylation is 2. The van der Waals surface area contributed by atoms with Crippen LogP contribution in [-0.2, 0) is 13.5 Å². The number of anilines is 1. The fraction of sp³-hybridized carbons (Fsp3) is 0.550. The van der Waals surface area contributed by atoms with Crippen LogP contribution in [0.4, 0.5) is 5.69 Å². The summed E-state index contributed by atoms with van der Waals surface area (Å²) in [7, 11) is 3.35. The van der Waals surface area contributed by atoms with Crippen molar-refractivity contribution in [2.24, 2.45) is 7.05 Å². The van der Waals surface area contributed by atoms with Gasteiger partial charge in [-0.2, -0.15) is 10.1 Å². The summed E-state index contributed by atoms with van der Waals surface area (Å²) < 4.78 is 6.74. The highest BCUT2D eigenvalue weighted by Gasteiger charge is 2.18. The lowest BCUT2D eigenvalue weighted by molar-refractivity contribution is 0.251. The summed E-state index contributed by atoms with van der Waals surface area (Å²) in [4.78, 5) is 20.4. The second-order valence-electron chi connectivity index (χ2n) is 6.97. The lowest BCUT2D eigenvalue weighted by Gasteiger charge is -2.36. The van der Waals surface area contributed by atoms with E-state index in [9.17, 15) is 4.79 Å². The molecule has 0 radical (unpaired) electrons. The van der Waals surface area contributed by atoms with Crippen LogP contribution in [0, 0.1) is 0 Å². The first-order valence-electron chi connectivity index (χ1n) is 9.67. The minimum absolute atomic E-state index is 0.277. The molecule has 0 atom stereocenters. The van der Waals surface area contributed by atoms with Crippen molar-refractivity contribution in [3.05, 3.63) is 46.6 Å². The monoisotopic (exact) mass is 371 g/mol. The van der Waals surface area contributed by atoms with E-state index < -0.39 is 0 Å². The van der Waals surface area contributed by atoms with Crippen molar-refractivity contribution in [1.29, 1.82) is 0 Å². The fourth-order valence-corrected chi connectivity index (χ4v) is 3.47. The third kappa shape index (κ3) is 5.29. The number of benzene rings is 1. The first kappa shape index (κ1) is 19.4. The minimum Gasteiger partial charge on any atom is -0.495 e. The van der Waals surface area contributed by atoms with Gasteiger partial charge in [0.1, 0.15) is 5.75 Å². The summed E-state index contributed by atoms with van der Waals surface area (Å²) in [5.74, 6) is 0.949. The average Bonchev–Trinajstić information content (AvgIpc) is 2.71. The molecule has 0 amide bonds. The van der Waals surface area contributed by atoms with Crippen molar-refractivity contribution in [2.45, 2.75) is 25.7 Å². The van der Waals surface area contributed by atoms with Gasteiger partial charge in [0.25, 0.3) is 0 Å². The third-order valence-corrected chi connectivity index (χ3v) is 5.10. The van der Waals surface area contributed by atoms with E-state index in [1.54, 1.807) is 20.4 Å². The maximum absolute atomic E-state index is 11.5. The van der Waals surface area contributed by atoms with Crippen LogP contribution in [0.2, 0.25) is 0 Å². The molecule has 146 valence electrons. The standard InChI is InChI=1S/C20H29N5O2/c1-23-20(26)22-17(16-21-23)8-4-3-7-11-24-12-14-25(15-13-24)18-9-5-6-10-19(18)27-2/h5-6,9-10,16H,3-4,7-8,11-15H2,1-2H3. The molecule has 27 heavy (non-hydrogen) atoms. The van der Waals surface area contributed by atoms with E-state index in [1.165, 1.54) is 16.8 Å². The number of unbranched alkanes of at least 4 members (excludes halogenated alkanes) is 2. The number of ether oxygens (including phenoxy) is 1. The molecule has 1 aromatic carbocycles. The molecular weight excluding hydrogens is 342 g/mol. The van der Waals surface area contributed by atoms with Gasteiger partial charge in [-0.05, 0) is 37.9 Å². The molecule has 1 saturated heterocycles. The van der Waals surface area contributed by atoms with Crippen LogP contribution in [0.5, 0.6) is 5.75 Å². The number of piperazine rings is 1. The molecule has 7 heteroatoms. The zero-order chi connectivity index (χ0) is 19.1. The largest absolute Gasteiger partial charge is 0.495 e. The van der Waals surface area contributed by atoms with Crippen molar-refractivity contribution < 1.29 is 4.74 Å². The third-order valence-electron chi connectivity index (χ3n) is 5.10. The predicted molar refractivity (Wildman–Crippen MR) is 106 cm³/mol. The Balaban J connectivity index is 1.35. The molecule has 0 aliphatic carbocycles. The summed E-state index contributed by atoms with van der Waals surface area (Å²) >= 11 is 0. The van der Waals surface area contributed by atoms with Gasteiger partial charge in [-0.25, -0.2) is 9.48 Å². The highest BCUT2D eigenvalue weighted by molar-refractivity contribution is 5.58. The molecule has 0 N–H and O–H groups in total. The molecule has 2 aromatic rings. The Kier molecular flexibility index (Phi) is 6.81. The van der Waals surface area contributed by atoms with Gasteiger partial charge in [0, 0.05) is 33.2 Å². The van der Waals surface area contributed by atoms with Crippen LogP contribution in [0.15, 0.2) is 35.3 Å². The number of aromatic nitrogens is 3. The molecule has 0 unspecified atom stereocenters. The van der Waals surface area contributed by atoms with E-state index in [1.807, 2.05) is 12.1 Å². The molecule has 0 saturated carbocycles. The molecule has 1 aromatic heterocycles. The molecule has 1 aliphatic heterocycles. The predicted octanol–water partition coefficient (Wildman–Crippen LogP) is 1.72. The van der Waals surface area contributed by atoms with Crippen LogP contribution in [0.25, 0.3) is 0 Å². The van der Waals surface area contributed by atoms with Crippen LogP contribution in [0.3, 0.4) is 0 Å². The number of methoxy groups -OCH3 is 1. The van der Waals surface area contributed by atoms with Crippen molar-refractivity contribution >= 4 is 5.69 Å². The summed E-state index contributed by atoms with van der Waals surface area (Å²) in [5.41, 5.74) is 1.71. The molecule has 3 rings (SSSR count). The van der Waals surface area contributed by atoms with E-state index in [-0.39, 0.29) is 5.69 Å². The molecule has 7 nitrogen and oxygen atoms in total. The maximum Gasteiger partial charge on any atom is 0.363 e. The Morgan fingerprint density at radius 3 is 2.59 bits per heavy atom. The average molecular weight is 371 g/mol. The van der Waals surface area contributed by atoms with Crippen molar-refractivity contribution in [1.82, 2.24) is 19.7 Å². The summed E-state index contributed by atoms with van der Waals surface area (Å²) in [6.07, 6.45) is 5.88. The van der Waals surface area contributed by atoms with Crippen molar-refractivity contribution in [2.75, 3.05) is 44.7 Å². The fourth-order valence-electron chi connectivity index (χ4n) is 3.47. The van der Waals surface area contributed by atoms with Gasteiger partial charge < -0.3 is 9.64 Å². The van der Waals surface area contributed by atoms with E-state index in [0.717, 1.165) is 63.4 Å². The summed E-state index contributed by atoms with van der Waals surface area (Å²) in [6.45, 7) is 5.35. The second-order valence-corrected chi connectivity index (χ2v) is 6.97. The molecule has 1 fully saturated rings. The van der Waals surface area contributed by atoms with Gasteiger partial charge in [0.15, 0.2) is 0 Å². The topological polar surface area (TPSA) is 63.5 Å². The molecule has 0 spiro atoms. The normalized spacial score (nSPS) is 15.1. The van der Waals surface area contributed by atoms with E-state index in [0.29, 0.717) is 0 Å².